The number of rotatable bonds is 3. The maximum absolute atomic E-state index is 13.7. The van der Waals surface area contributed by atoms with Crippen LogP contribution in [0.1, 0.15) is 21.7 Å². The number of benzene rings is 3. The molecule has 1 amide bonds. The van der Waals surface area contributed by atoms with Gasteiger partial charge in [-0.1, -0.05) is 54.6 Å². The van der Waals surface area contributed by atoms with E-state index >= 15 is 0 Å². The van der Waals surface area contributed by atoms with Crippen LogP contribution in [0, 0.1) is 12.7 Å². The fourth-order valence-electron chi connectivity index (χ4n) is 3.06. The Labute approximate surface area is 144 Å². The van der Waals surface area contributed by atoms with Gasteiger partial charge >= 0.3 is 0 Å². The van der Waals surface area contributed by atoms with Gasteiger partial charge in [-0.2, -0.15) is 0 Å². The van der Waals surface area contributed by atoms with Gasteiger partial charge in [-0.05, 0) is 18.4 Å². The van der Waals surface area contributed by atoms with E-state index in [0.717, 1.165) is 21.7 Å². The Bertz CT molecular complexity index is 1100. The molecule has 0 radical (unpaired) electrons. The van der Waals surface area contributed by atoms with Gasteiger partial charge in [0.25, 0.3) is 5.91 Å². The summed E-state index contributed by atoms with van der Waals surface area (Å²) in [6.45, 7) is 1.97. The number of carbonyl (C=O) groups excluding carboxylic acids is 1. The summed E-state index contributed by atoms with van der Waals surface area (Å²) in [6, 6.07) is 18.2. The summed E-state index contributed by atoms with van der Waals surface area (Å²) in [4.78, 5) is 12.5. The highest BCUT2D eigenvalue weighted by atomic mass is 19.1. The van der Waals surface area contributed by atoms with E-state index in [2.05, 4.69) is 5.32 Å². The van der Waals surface area contributed by atoms with Gasteiger partial charge in [-0.3, -0.25) is 4.79 Å². The van der Waals surface area contributed by atoms with Crippen LogP contribution in [-0.2, 0) is 6.54 Å². The third kappa shape index (κ3) is 2.66. The average molecular weight is 333 g/mol. The van der Waals surface area contributed by atoms with Crippen molar-refractivity contribution in [3.05, 3.63) is 83.4 Å². The normalized spacial score (nSPS) is 11.1. The van der Waals surface area contributed by atoms with E-state index in [-0.39, 0.29) is 24.0 Å². The van der Waals surface area contributed by atoms with Gasteiger partial charge in [0.2, 0.25) is 0 Å². The Kier molecular flexibility index (Phi) is 3.73. The molecule has 3 aromatic carbocycles. The Hall–Kier alpha value is -3.14. The molecule has 25 heavy (non-hydrogen) atoms. The summed E-state index contributed by atoms with van der Waals surface area (Å²) in [5.74, 6) is -0.418. The minimum absolute atomic E-state index is 0.114. The SMILES string of the molecule is Cc1c(C(=O)NCc2ccccc2F)oc2c1ccc1ccccc12. The molecule has 124 valence electrons. The zero-order valence-corrected chi connectivity index (χ0v) is 13.7. The van der Waals surface area contributed by atoms with Crippen LogP contribution < -0.4 is 5.32 Å². The van der Waals surface area contributed by atoms with Crippen LogP contribution in [0.25, 0.3) is 21.7 Å². The molecule has 0 aliphatic rings. The van der Waals surface area contributed by atoms with Crippen molar-refractivity contribution in [2.24, 2.45) is 0 Å². The van der Waals surface area contributed by atoms with E-state index in [9.17, 15) is 9.18 Å². The minimum atomic E-state index is -0.346. The van der Waals surface area contributed by atoms with Crippen LogP contribution in [0.5, 0.6) is 0 Å². The van der Waals surface area contributed by atoms with Gasteiger partial charge in [0.05, 0.1) is 0 Å². The molecule has 0 spiro atoms. The summed E-state index contributed by atoms with van der Waals surface area (Å²) in [6.07, 6.45) is 0. The molecule has 0 saturated carbocycles. The average Bonchev–Trinajstić information content (AvgIpc) is 2.98. The number of amides is 1. The van der Waals surface area contributed by atoms with Crippen molar-refractivity contribution in [3.63, 3.8) is 0 Å². The number of fused-ring (bicyclic) bond motifs is 3. The molecular weight excluding hydrogens is 317 g/mol. The van der Waals surface area contributed by atoms with Gasteiger partial charge in [0.15, 0.2) is 5.76 Å². The Morgan fingerprint density at radius 2 is 1.76 bits per heavy atom. The second-order valence-corrected chi connectivity index (χ2v) is 5.99. The van der Waals surface area contributed by atoms with Gasteiger partial charge in [0, 0.05) is 28.4 Å². The lowest BCUT2D eigenvalue weighted by Crippen LogP contribution is -2.23. The second kappa shape index (κ2) is 6.06. The third-order valence-electron chi connectivity index (χ3n) is 4.43. The number of nitrogens with one attached hydrogen (secondary N) is 1. The molecule has 0 fully saturated rings. The zero-order valence-electron chi connectivity index (χ0n) is 13.7. The van der Waals surface area contributed by atoms with Crippen molar-refractivity contribution < 1.29 is 13.6 Å². The molecule has 4 rings (SSSR count). The van der Waals surface area contributed by atoms with Crippen LogP contribution >= 0.6 is 0 Å². The number of aryl methyl sites for hydroxylation is 1. The first kappa shape index (κ1) is 15.4. The summed E-state index contributed by atoms with van der Waals surface area (Å²) < 4.78 is 19.6. The molecule has 0 aliphatic heterocycles. The first-order chi connectivity index (χ1) is 12.1. The van der Waals surface area contributed by atoms with Crippen LogP contribution in [0.4, 0.5) is 4.39 Å². The topological polar surface area (TPSA) is 42.2 Å². The van der Waals surface area contributed by atoms with Crippen molar-refractivity contribution in [1.29, 1.82) is 0 Å². The van der Waals surface area contributed by atoms with E-state index in [1.807, 2.05) is 43.3 Å². The molecule has 0 bridgehead atoms. The summed E-state index contributed by atoms with van der Waals surface area (Å²) in [7, 11) is 0. The van der Waals surface area contributed by atoms with Crippen molar-refractivity contribution >= 4 is 27.6 Å². The number of hydrogen-bond acceptors (Lipinski definition) is 2. The molecule has 3 nitrogen and oxygen atoms in total. The third-order valence-corrected chi connectivity index (χ3v) is 4.43. The lowest BCUT2D eigenvalue weighted by atomic mass is 10.1. The van der Waals surface area contributed by atoms with E-state index in [4.69, 9.17) is 4.42 Å². The Morgan fingerprint density at radius 1 is 1.00 bits per heavy atom. The molecule has 4 aromatic rings. The van der Waals surface area contributed by atoms with Crippen molar-refractivity contribution in [1.82, 2.24) is 5.32 Å². The van der Waals surface area contributed by atoms with Crippen LogP contribution in [0.15, 0.2) is 65.1 Å². The second-order valence-electron chi connectivity index (χ2n) is 5.99. The summed E-state index contributed by atoms with van der Waals surface area (Å²) >= 11 is 0. The van der Waals surface area contributed by atoms with Crippen LogP contribution in [0.3, 0.4) is 0 Å². The van der Waals surface area contributed by atoms with Gasteiger partial charge < -0.3 is 9.73 Å². The molecule has 1 aromatic heterocycles. The maximum Gasteiger partial charge on any atom is 0.287 e. The highest BCUT2D eigenvalue weighted by molar-refractivity contribution is 6.08. The lowest BCUT2D eigenvalue weighted by Gasteiger charge is -2.05. The number of hydrogen-bond donors (Lipinski definition) is 1. The standard InChI is InChI=1S/C21H16FNO2/c1-13-16-11-10-14-6-2-4-8-17(14)20(16)25-19(13)21(24)23-12-15-7-3-5-9-18(15)22/h2-11H,12H2,1H3,(H,23,24). The fraction of sp³-hybridized carbons (Fsp3) is 0.0952. The van der Waals surface area contributed by atoms with E-state index in [1.165, 1.54) is 6.07 Å². The van der Waals surface area contributed by atoms with Gasteiger partial charge in [0.1, 0.15) is 11.4 Å². The van der Waals surface area contributed by atoms with Crippen molar-refractivity contribution in [2.45, 2.75) is 13.5 Å². The first-order valence-electron chi connectivity index (χ1n) is 8.07. The number of carbonyl (C=O) groups is 1. The molecule has 0 aliphatic carbocycles. The summed E-state index contributed by atoms with van der Waals surface area (Å²) in [5, 5.41) is 5.67. The van der Waals surface area contributed by atoms with Gasteiger partial charge in [-0.15, -0.1) is 0 Å². The van der Waals surface area contributed by atoms with Crippen LogP contribution in [-0.4, -0.2) is 5.91 Å². The monoisotopic (exact) mass is 333 g/mol. The molecule has 0 saturated heterocycles. The molecule has 0 unspecified atom stereocenters. The minimum Gasteiger partial charge on any atom is -0.450 e. The number of halogens is 1. The number of furan rings is 1. The molecule has 1 heterocycles. The quantitative estimate of drug-likeness (QED) is 0.575. The molecular formula is C21H16FNO2. The van der Waals surface area contributed by atoms with E-state index in [1.54, 1.807) is 18.2 Å². The predicted octanol–water partition coefficient (Wildman–Crippen LogP) is 4.96. The highest BCUT2D eigenvalue weighted by Gasteiger charge is 2.19. The van der Waals surface area contributed by atoms with Gasteiger partial charge in [-0.25, -0.2) is 4.39 Å². The zero-order chi connectivity index (χ0) is 17.4. The largest absolute Gasteiger partial charge is 0.450 e. The first-order valence-corrected chi connectivity index (χ1v) is 8.07. The Balaban J connectivity index is 1.69. The van der Waals surface area contributed by atoms with Crippen molar-refractivity contribution in [3.8, 4) is 0 Å². The lowest BCUT2D eigenvalue weighted by molar-refractivity contribution is 0.0924. The fourth-order valence-corrected chi connectivity index (χ4v) is 3.06. The van der Waals surface area contributed by atoms with E-state index in [0.29, 0.717) is 11.1 Å². The smallest absolute Gasteiger partial charge is 0.287 e. The molecule has 1 N–H and O–H groups in total. The Morgan fingerprint density at radius 3 is 2.60 bits per heavy atom. The van der Waals surface area contributed by atoms with Crippen molar-refractivity contribution in [2.75, 3.05) is 0 Å². The predicted molar refractivity (Wildman–Crippen MR) is 96.0 cm³/mol. The summed E-state index contributed by atoms with van der Waals surface area (Å²) in [5.41, 5.74) is 1.92. The molecule has 4 heteroatoms. The maximum atomic E-state index is 13.7. The van der Waals surface area contributed by atoms with E-state index < -0.39 is 0 Å². The molecule has 0 atom stereocenters. The van der Waals surface area contributed by atoms with Crippen LogP contribution in [0.2, 0.25) is 0 Å². The highest BCUT2D eigenvalue weighted by Crippen LogP contribution is 2.31.